The minimum absolute atomic E-state index is 0.0132. The molecule has 0 aliphatic heterocycles. The van der Waals surface area contributed by atoms with E-state index in [0.717, 1.165) is 19.3 Å². The molecule has 1 amide bonds. The van der Waals surface area contributed by atoms with Crippen LogP contribution in [0.2, 0.25) is 0 Å². The first kappa shape index (κ1) is 16.9. The molecule has 26 heavy (non-hydrogen) atoms. The number of nitrogens with zero attached hydrogens (tertiary/aromatic N) is 3. The summed E-state index contributed by atoms with van der Waals surface area (Å²) in [6.07, 6.45) is 4.78. The Balaban J connectivity index is 1.38. The highest BCUT2D eigenvalue weighted by Crippen LogP contribution is 2.29. The van der Waals surface area contributed by atoms with Gasteiger partial charge in [-0.15, -0.1) is 10.2 Å². The number of nitrogens with one attached hydrogen (secondary N) is 1. The highest BCUT2D eigenvalue weighted by molar-refractivity contribution is 7.99. The maximum atomic E-state index is 12.4. The largest absolute Gasteiger partial charge is 0.461 e. The highest BCUT2D eigenvalue weighted by atomic mass is 32.2. The smallest absolute Gasteiger partial charge is 0.230 e. The van der Waals surface area contributed by atoms with Crippen molar-refractivity contribution in [1.82, 2.24) is 20.1 Å². The van der Waals surface area contributed by atoms with Crippen molar-refractivity contribution in [1.29, 1.82) is 0 Å². The van der Waals surface area contributed by atoms with Gasteiger partial charge in [-0.3, -0.25) is 4.79 Å². The second-order valence-electron chi connectivity index (χ2n) is 6.34. The lowest BCUT2D eigenvalue weighted by molar-refractivity contribution is -0.119. The molecule has 6 nitrogen and oxygen atoms in total. The fourth-order valence-electron chi connectivity index (χ4n) is 3.33. The zero-order valence-electron chi connectivity index (χ0n) is 14.5. The van der Waals surface area contributed by atoms with Gasteiger partial charge in [0.05, 0.1) is 18.1 Å². The number of aryl methyl sites for hydroxylation is 1. The van der Waals surface area contributed by atoms with Crippen LogP contribution in [0.15, 0.2) is 52.2 Å². The maximum absolute atomic E-state index is 12.4. The average molecular weight is 368 g/mol. The predicted octanol–water partition coefficient (Wildman–Crippen LogP) is 3.36. The van der Waals surface area contributed by atoms with E-state index in [4.69, 9.17) is 4.42 Å². The van der Waals surface area contributed by atoms with E-state index < -0.39 is 0 Å². The summed E-state index contributed by atoms with van der Waals surface area (Å²) < 4.78 is 7.20. The van der Waals surface area contributed by atoms with Crippen molar-refractivity contribution in [2.75, 3.05) is 5.75 Å². The molecule has 0 spiro atoms. The Bertz CT molecular complexity index is 904. The number of hydrogen-bond donors (Lipinski definition) is 1. The van der Waals surface area contributed by atoms with E-state index >= 15 is 0 Å². The lowest BCUT2D eigenvalue weighted by atomic mass is 9.88. The molecule has 1 unspecified atom stereocenters. The molecule has 1 atom stereocenters. The Morgan fingerprint density at radius 3 is 3.04 bits per heavy atom. The quantitative estimate of drug-likeness (QED) is 0.699. The third kappa shape index (κ3) is 3.39. The molecule has 1 aromatic carbocycles. The summed E-state index contributed by atoms with van der Waals surface area (Å²) in [5.74, 6) is 1.64. The van der Waals surface area contributed by atoms with E-state index in [1.54, 1.807) is 6.26 Å². The number of carbonyl (C=O) groups excluding carboxylic acids is 1. The number of amides is 1. The van der Waals surface area contributed by atoms with Gasteiger partial charge in [0.25, 0.3) is 0 Å². The maximum Gasteiger partial charge on any atom is 0.230 e. The van der Waals surface area contributed by atoms with Crippen LogP contribution in [0.4, 0.5) is 0 Å². The van der Waals surface area contributed by atoms with Crippen molar-refractivity contribution in [2.45, 2.75) is 30.5 Å². The van der Waals surface area contributed by atoms with Gasteiger partial charge in [-0.25, -0.2) is 0 Å². The number of furan rings is 1. The Labute approximate surface area is 156 Å². The van der Waals surface area contributed by atoms with E-state index in [9.17, 15) is 4.79 Å². The minimum Gasteiger partial charge on any atom is -0.461 e. The first-order chi connectivity index (χ1) is 12.7. The number of benzene rings is 1. The van der Waals surface area contributed by atoms with Gasteiger partial charge in [0, 0.05) is 7.05 Å². The van der Waals surface area contributed by atoms with Crippen LogP contribution >= 0.6 is 11.8 Å². The molecule has 4 rings (SSSR count). The van der Waals surface area contributed by atoms with Crippen LogP contribution in [-0.2, 0) is 18.3 Å². The lowest BCUT2D eigenvalue weighted by Crippen LogP contribution is -2.32. The number of thioether (sulfide) groups is 1. The summed E-state index contributed by atoms with van der Waals surface area (Å²) in [5.41, 5.74) is 2.59. The molecule has 0 saturated heterocycles. The van der Waals surface area contributed by atoms with Gasteiger partial charge in [0.2, 0.25) is 5.91 Å². The van der Waals surface area contributed by atoms with Gasteiger partial charge in [-0.1, -0.05) is 36.0 Å². The predicted molar refractivity (Wildman–Crippen MR) is 99.7 cm³/mol. The van der Waals surface area contributed by atoms with E-state index in [1.807, 2.05) is 29.8 Å². The Kier molecular flexibility index (Phi) is 4.79. The lowest BCUT2D eigenvalue weighted by Gasteiger charge is -2.26. The van der Waals surface area contributed by atoms with E-state index in [2.05, 4.69) is 33.7 Å². The molecule has 0 radical (unpaired) electrons. The van der Waals surface area contributed by atoms with Crippen molar-refractivity contribution in [3.05, 3.63) is 53.8 Å². The summed E-state index contributed by atoms with van der Waals surface area (Å²) in [7, 11) is 1.87. The molecule has 134 valence electrons. The molecule has 0 saturated carbocycles. The summed E-state index contributed by atoms with van der Waals surface area (Å²) >= 11 is 1.38. The van der Waals surface area contributed by atoms with Crippen LogP contribution in [0.5, 0.6) is 0 Å². The molecule has 1 aliphatic carbocycles. The number of rotatable bonds is 5. The number of carbonyl (C=O) groups is 1. The fraction of sp³-hybridized carbons (Fsp3) is 0.316. The van der Waals surface area contributed by atoms with E-state index in [-0.39, 0.29) is 11.9 Å². The van der Waals surface area contributed by atoms with Gasteiger partial charge < -0.3 is 14.3 Å². The minimum atomic E-state index is 0.0132. The highest BCUT2D eigenvalue weighted by Gasteiger charge is 2.22. The molecule has 2 heterocycles. The van der Waals surface area contributed by atoms with Crippen molar-refractivity contribution < 1.29 is 9.21 Å². The van der Waals surface area contributed by atoms with Crippen LogP contribution in [-0.4, -0.2) is 26.4 Å². The Hall–Kier alpha value is -2.54. The Morgan fingerprint density at radius 1 is 1.31 bits per heavy atom. The van der Waals surface area contributed by atoms with Gasteiger partial charge >= 0.3 is 0 Å². The third-order valence-corrected chi connectivity index (χ3v) is 5.63. The molecular weight excluding hydrogens is 348 g/mol. The van der Waals surface area contributed by atoms with E-state index in [1.165, 1.54) is 22.9 Å². The van der Waals surface area contributed by atoms with Crippen LogP contribution in [0.25, 0.3) is 11.6 Å². The summed E-state index contributed by atoms with van der Waals surface area (Å²) in [5, 5.41) is 12.2. The summed E-state index contributed by atoms with van der Waals surface area (Å²) in [4.78, 5) is 12.4. The average Bonchev–Trinajstić information content (AvgIpc) is 3.30. The van der Waals surface area contributed by atoms with Crippen LogP contribution in [0.3, 0.4) is 0 Å². The van der Waals surface area contributed by atoms with Crippen molar-refractivity contribution >= 4 is 17.7 Å². The number of fused-ring (bicyclic) bond motifs is 1. The molecule has 7 heteroatoms. The van der Waals surface area contributed by atoms with E-state index in [0.29, 0.717) is 22.5 Å². The SMILES string of the molecule is Cn1c(SCC(=O)NC2CCCc3ccccc32)nnc1-c1ccco1. The first-order valence-corrected chi connectivity index (χ1v) is 9.64. The first-order valence-electron chi connectivity index (χ1n) is 8.65. The summed E-state index contributed by atoms with van der Waals surface area (Å²) in [6, 6.07) is 12.1. The number of aromatic nitrogens is 3. The Morgan fingerprint density at radius 2 is 2.19 bits per heavy atom. The molecule has 1 aliphatic rings. The van der Waals surface area contributed by atoms with Gasteiger partial charge in [-0.2, -0.15) is 0 Å². The van der Waals surface area contributed by atoms with Crippen molar-refractivity contribution in [2.24, 2.45) is 7.05 Å². The molecule has 0 fully saturated rings. The molecule has 2 aromatic heterocycles. The molecule has 3 aromatic rings. The summed E-state index contributed by atoms with van der Waals surface area (Å²) in [6.45, 7) is 0. The van der Waals surface area contributed by atoms with Crippen LogP contribution in [0, 0.1) is 0 Å². The second kappa shape index (κ2) is 7.37. The van der Waals surface area contributed by atoms with Gasteiger partial charge in [0.1, 0.15) is 0 Å². The molecule has 1 N–H and O–H groups in total. The fourth-order valence-corrected chi connectivity index (χ4v) is 4.05. The van der Waals surface area contributed by atoms with Crippen LogP contribution < -0.4 is 5.32 Å². The number of hydrogen-bond acceptors (Lipinski definition) is 5. The van der Waals surface area contributed by atoms with Gasteiger partial charge in [-0.05, 0) is 42.5 Å². The van der Waals surface area contributed by atoms with Crippen LogP contribution in [0.1, 0.15) is 30.0 Å². The zero-order chi connectivity index (χ0) is 17.9. The molecular formula is C19H20N4O2S. The van der Waals surface area contributed by atoms with Crippen molar-refractivity contribution in [3.8, 4) is 11.6 Å². The monoisotopic (exact) mass is 368 g/mol. The standard InChI is InChI=1S/C19H20N4O2S/c1-23-18(16-10-5-11-25-16)21-22-19(23)26-12-17(24)20-15-9-4-7-13-6-2-3-8-14(13)15/h2-3,5-6,8,10-11,15H,4,7,9,12H2,1H3,(H,20,24). The zero-order valence-corrected chi connectivity index (χ0v) is 15.3. The molecule has 0 bridgehead atoms. The topological polar surface area (TPSA) is 73.0 Å². The van der Waals surface area contributed by atoms with Crippen molar-refractivity contribution in [3.63, 3.8) is 0 Å². The normalized spacial score (nSPS) is 16.3. The van der Waals surface area contributed by atoms with Gasteiger partial charge in [0.15, 0.2) is 16.7 Å². The third-order valence-electron chi connectivity index (χ3n) is 4.61. The second-order valence-corrected chi connectivity index (χ2v) is 7.28.